The van der Waals surface area contributed by atoms with Crippen LogP contribution in [0.5, 0.6) is 5.75 Å². The first-order chi connectivity index (χ1) is 14.8. The number of phenols is 1. The summed E-state index contributed by atoms with van der Waals surface area (Å²) < 4.78 is 24.4. The zero-order valence-electron chi connectivity index (χ0n) is 16.0. The molecule has 0 spiro atoms. The number of hydrogen-bond donors (Lipinski definition) is 5. The summed E-state index contributed by atoms with van der Waals surface area (Å²) in [6.45, 7) is -0.475. The molecule has 31 heavy (non-hydrogen) atoms. The maximum atomic E-state index is 12.3. The quantitative estimate of drug-likeness (QED) is 0.332. The zero-order valence-corrected chi connectivity index (χ0v) is 16.9. The molecule has 1 fully saturated rings. The number of phenolic OH excluding ortho intramolecular Hbond substituents is 1. The molecular weight excluding hydrogens is 429 g/mol. The number of fused-ring (bicyclic) bond motifs is 1. The summed E-state index contributed by atoms with van der Waals surface area (Å²) in [5.41, 5.74) is 6.69. The number of nitrogens with zero attached hydrogens (tertiary/aromatic N) is 4. The highest BCUT2D eigenvalue weighted by atomic mass is 31.2. The monoisotopic (exact) mass is 449 g/mol. The van der Waals surface area contributed by atoms with Crippen molar-refractivity contribution in [2.45, 2.75) is 24.5 Å². The number of aromatic hydroxyl groups is 1. The van der Waals surface area contributed by atoms with Gasteiger partial charge in [0.1, 0.15) is 35.9 Å². The van der Waals surface area contributed by atoms with Gasteiger partial charge >= 0.3 is 7.60 Å². The van der Waals surface area contributed by atoms with Crippen LogP contribution in [0.15, 0.2) is 42.7 Å². The Labute approximate surface area is 175 Å². The van der Waals surface area contributed by atoms with E-state index in [1.807, 2.05) is 0 Å². The van der Waals surface area contributed by atoms with E-state index < -0.39 is 38.7 Å². The Morgan fingerprint density at radius 3 is 2.77 bits per heavy atom. The Hall–Kier alpha value is -2.86. The number of nitrogen functional groups attached to an aromatic ring is 1. The first-order valence-corrected chi connectivity index (χ1v) is 10.8. The third-order valence-corrected chi connectivity index (χ3v) is 5.85. The lowest BCUT2D eigenvalue weighted by Gasteiger charge is -2.16. The van der Waals surface area contributed by atoms with E-state index in [4.69, 9.17) is 15.0 Å². The molecular formula is C18H20N5O7P. The minimum atomic E-state index is -4.22. The number of rotatable bonds is 6. The Balaban J connectivity index is 1.45. The van der Waals surface area contributed by atoms with Gasteiger partial charge in [0.25, 0.3) is 0 Å². The van der Waals surface area contributed by atoms with E-state index >= 15 is 0 Å². The average molecular weight is 449 g/mol. The first kappa shape index (κ1) is 21.4. The third-order valence-electron chi connectivity index (χ3n) is 4.80. The van der Waals surface area contributed by atoms with Crippen LogP contribution >= 0.6 is 7.60 Å². The van der Waals surface area contributed by atoms with Crippen LogP contribution in [0.4, 0.5) is 5.82 Å². The van der Waals surface area contributed by atoms with E-state index in [-0.39, 0.29) is 11.6 Å². The van der Waals surface area contributed by atoms with Gasteiger partial charge in [-0.15, -0.1) is 0 Å². The fourth-order valence-corrected chi connectivity index (χ4v) is 3.97. The molecule has 0 amide bonds. The summed E-state index contributed by atoms with van der Waals surface area (Å²) >= 11 is 0. The molecule has 0 saturated carbocycles. The number of anilines is 1. The number of imidazole rings is 1. The molecule has 164 valence electrons. The van der Waals surface area contributed by atoms with Crippen LogP contribution in [0.3, 0.4) is 0 Å². The van der Waals surface area contributed by atoms with Crippen LogP contribution in [-0.2, 0) is 13.8 Å². The fourth-order valence-electron chi connectivity index (χ4n) is 3.18. The molecule has 1 aromatic carbocycles. The van der Waals surface area contributed by atoms with Gasteiger partial charge in [0.15, 0.2) is 17.7 Å². The molecule has 1 saturated heterocycles. The summed E-state index contributed by atoms with van der Waals surface area (Å²) in [5.74, 6) is 1.01. The van der Waals surface area contributed by atoms with E-state index in [9.17, 15) is 24.8 Å². The van der Waals surface area contributed by atoms with Gasteiger partial charge in [-0.25, -0.2) is 15.0 Å². The predicted octanol–water partition coefficient (Wildman–Crippen LogP) is 0.606. The second-order valence-corrected chi connectivity index (χ2v) is 8.55. The fraction of sp³-hybridized carbons (Fsp3) is 0.278. The molecule has 13 heteroatoms. The van der Waals surface area contributed by atoms with Crippen molar-refractivity contribution in [3.05, 3.63) is 48.3 Å². The number of aliphatic hydroxyl groups excluding tert-OH is 2. The van der Waals surface area contributed by atoms with E-state index in [1.54, 1.807) is 18.2 Å². The van der Waals surface area contributed by atoms with Crippen molar-refractivity contribution in [3.63, 3.8) is 0 Å². The average Bonchev–Trinajstić information content (AvgIpc) is 3.29. The number of nitrogens with two attached hydrogens (primary N) is 1. The van der Waals surface area contributed by atoms with Gasteiger partial charge in [0, 0.05) is 11.4 Å². The van der Waals surface area contributed by atoms with Crippen molar-refractivity contribution >= 4 is 30.7 Å². The van der Waals surface area contributed by atoms with Gasteiger partial charge in [0.2, 0.25) is 0 Å². The number of aliphatic hydroxyl groups is 2. The summed E-state index contributed by atoms with van der Waals surface area (Å²) in [6, 6.07) is 6.27. The van der Waals surface area contributed by atoms with Crippen molar-refractivity contribution in [2.75, 3.05) is 12.3 Å². The first-order valence-electron chi connectivity index (χ1n) is 9.16. The van der Waals surface area contributed by atoms with Crippen molar-refractivity contribution < 1.29 is 34.0 Å². The number of benzene rings is 1. The third kappa shape index (κ3) is 4.30. The largest absolute Gasteiger partial charge is 0.507 e. The van der Waals surface area contributed by atoms with Gasteiger partial charge in [-0.2, -0.15) is 0 Å². The minimum Gasteiger partial charge on any atom is -0.507 e. The van der Waals surface area contributed by atoms with Gasteiger partial charge in [-0.05, 0) is 12.1 Å². The van der Waals surface area contributed by atoms with E-state index in [2.05, 4.69) is 15.0 Å². The molecule has 1 unspecified atom stereocenters. The number of para-hydroxylation sites is 1. The molecule has 0 aliphatic carbocycles. The molecule has 1 aliphatic rings. The summed E-state index contributed by atoms with van der Waals surface area (Å²) in [4.78, 5) is 22.0. The second-order valence-electron chi connectivity index (χ2n) is 6.86. The lowest BCUT2D eigenvalue weighted by Crippen LogP contribution is -2.33. The van der Waals surface area contributed by atoms with Crippen LogP contribution in [-0.4, -0.2) is 64.7 Å². The van der Waals surface area contributed by atoms with Crippen molar-refractivity contribution in [3.8, 4) is 5.75 Å². The smallest absolute Gasteiger partial charge is 0.351 e. The SMILES string of the molecule is Nc1ncnc2c1ncn2[C@@H]1O[C@H](COP(=O)(O)C=Cc2ccccc2O)[C@@H](O)[C@H]1O. The maximum Gasteiger partial charge on any atom is 0.351 e. The Kier molecular flexibility index (Phi) is 5.75. The summed E-state index contributed by atoms with van der Waals surface area (Å²) in [5, 5.41) is 30.5. The van der Waals surface area contributed by atoms with Crippen LogP contribution in [0, 0.1) is 0 Å². The van der Waals surface area contributed by atoms with Crippen molar-refractivity contribution in [1.29, 1.82) is 0 Å². The molecule has 5 atom stereocenters. The van der Waals surface area contributed by atoms with Gasteiger partial charge in [-0.1, -0.05) is 18.2 Å². The Morgan fingerprint density at radius 1 is 1.23 bits per heavy atom. The lowest BCUT2D eigenvalue weighted by molar-refractivity contribution is -0.0481. The molecule has 3 aromatic rings. The highest BCUT2D eigenvalue weighted by Gasteiger charge is 2.45. The van der Waals surface area contributed by atoms with Crippen LogP contribution in [0.1, 0.15) is 11.8 Å². The van der Waals surface area contributed by atoms with Crippen molar-refractivity contribution in [2.24, 2.45) is 0 Å². The summed E-state index contributed by atoms with van der Waals surface area (Å²) in [6.07, 6.45) is -1.13. The normalized spacial score (nSPS) is 25.9. The molecule has 2 aromatic heterocycles. The number of ether oxygens (including phenoxy) is 1. The molecule has 6 N–H and O–H groups in total. The molecule has 12 nitrogen and oxygen atoms in total. The van der Waals surface area contributed by atoms with Gasteiger partial charge in [0.05, 0.1) is 12.9 Å². The Bertz CT molecular complexity index is 1170. The van der Waals surface area contributed by atoms with E-state index in [0.29, 0.717) is 16.7 Å². The second kappa shape index (κ2) is 8.35. The highest BCUT2D eigenvalue weighted by molar-refractivity contribution is 7.56. The lowest BCUT2D eigenvalue weighted by atomic mass is 10.1. The Morgan fingerprint density at radius 2 is 2.00 bits per heavy atom. The molecule has 1 aliphatic heterocycles. The van der Waals surface area contributed by atoms with E-state index in [1.165, 1.54) is 29.4 Å². The molecule has 3 heterocycles. The molecule has 4 rings (SSSR count). The molecule has 0 bridgehead atoms. The van der Waals surface area contributed by atoms with E-state index in [0.717, 1.165) is 5.82 Å². The number of hydrogen-bond acceptors (Lipinski definition) is 10. The zero-order chi connectivity index (χ0) is 22.2. The minimum absolute atomic E-state index is 0.0590. The van der Waals surface area contributed by atoms with Crippen LogP contribution < -0.4 is 5.73 Å². The predicted molar refractivity (Wildman–Crippen MR) is 109 cm³/mol. The van der Waals surface area contributed by atoms with Crippen LogP contribution in [0.2, 0.25) is 0 Å². The highest BCUT2D eigenvalue weighted by Crippen LogP contribution is 2.45. The standard InChI is InChI=1S/C18H20N5O7P/c19-16-13-17(21-8-20-16)23(9-22-13)18-15(26)14(25)12(30-18)7-29-31(27,28)6-5-10-3-1-2-4-11(10)24/h1-6,8-9,12,14-15,18,24-26H,7H2,(H,27,28)(H2,19,20,21)/t12-,14-,15-,18-/m1/s1. The van der Waals surface area contributed by atoms with Gasteiger partial charge < -0.3 is 35.2 Å². The maximum absolute atomic E-state index is 12.3. The summed E-state index contributed by atoms with van der Waals surface area (Å²) in [7, 11) is -4.22. The van der Waals surface area contributed by atoms with Crippen LogP contribution in [0.25, 0.3) is 17.2 Å². The number of aromatic nitrogens is 4. The van der Waals surface area contributed by atoms with Crippen molar-refractivity contribution in [1.82, 2.24) is 19.5 Å². The topological polar surface area (TPSA) is 186 Å². The molecule has 0 radical (unpaired) electrons. The van der Waals surface area contributed by atoms with Gasteiger partial charge in [-0.3, -0.25) is 9.13 Å².